The third-order valence-corrected chi connectivity index (χ3v) is 7.40. The van der Waals surface area contributed by atoms with Gasteiger partial charge in [0, 0.05) is 29.4 Å². The normalized spacial score (nSPS) is 11.0. The molecule has 0 unspecified atom stereocenters. The SMILES string of the molecule is CCN(CC)CCN(C(=O)CCCSc1ccc(F)cc1)c1nc2ccc(Cl)cc2s1.Cl. The fraction of sp³-hybridized carbons (Fsp3) is 0.391. The largest absolute Gasteiger partial charge is 0.302 e. The van der Waals surface area contributed by atoms with Gasteiger partial charge < -0.3 is 4.90 Å². The lowest BCUT2D eigenvalue weighted by atomic mass is 10.3. The van der Waals surface area contributed by atoms with Gasteiger partial charge >= 0.3 is 0 Å². The molecule has 4 nitrogen and oxygen atoms in total. The van der Waals surface area contributed by atoms with E-state index in [-0.39, 0.29) is 24.1 Å². The maximum absolute atomic E-state index is 13.1. The predicted molar refractivity (Wildman–Crippen MR) is 138 cm³/mol. The number of amides is 1. The van der Waals surface area contributed by atoms with Crippen molar-refractivity contribution in [3.05, 3.63) is 53.3 Å². The molecule has 0 bridgehead atoms. The topological polar surface area (TPSA) is 36.4 Å². The Hall–Kier alpha value is -1.38. The number of benzene rings is 2. The van der Waals surface area contributed by atoms with Crippen LogP contribution in [0.1, 0.15) is 26.7 Å². The maximum atomic E-state index is 13.1. The van der Waals surface area contributed by atoms with Crippen LogP contribution in [0, 0.1) is 5.82 Å². The van der Waals surface area contributed by atoms with Gasteiger partial charge in [0.1, 0.15) is 5.82 Å². The quantitative estimate of drug-likeness (QED) is 0.209. The highest BCUT2D eigenvalue weighted by Crippen LogP contribution is 2.31. The number of hydrogen-bond donors (Lipinski definition) is 0. The number of thiazole rings is 1. The highest BCUT2D eigenvalue weighted by atomic mass is 35.5. The first-order valence-corrected chi connectivity index (χ1v) is 12.6. The van der Waals surface area contributed by atoms with E-state index in [4.69, 9.17) is 16.6 Å². The summed E-state index contributed by atoms with van der Waals surface area (Å²) in [6.07, 6.45) is 1.20. The van der Waals surface area contributed by atoms with Gasteiger partial charge in [-0.2, -0.15) is 0 Å². The molecule has 0 aliphatic heterocycles. The zero-order valence-corrected chi connectivity index (χ0v) is 21.4. The molecule has 3 aromatic rings. The van der Waals surface area contributed by atoms with E-state index in [0.29, 0.717) is 18.0 Å². The molecule has 32 heavy (non-hydrogen) atoms. The Balaban J connectivity index is 0.00000363. The number of likely N-dealkylation sites (N-methyl/N-ethyl adjacent to an activating group) is 1. The second-order valence-electron chi connectivity index (χ2n) is 7.09. The molecule has 174 valence electrons. The summed E-state index contributed by atoms with van der Waals surface area (Å²) in [6.45, 7) is 7.56. The van der Waals surface area contributed by atoms with Crippen LogP contribution < -0.4 is 4.90 Å². The second-order valence-corrected chi connectivity index (χ2v) is 9.70. The molecule has 0 fully saturated rings. The van der Waals surface area contributed by atoms with E-state index in [1.54, 1.807) is 23.9 Å². The molecule has 0 saturated carbocycles. The fourth-order valence-corrected chi connectivity index (χ4v) is 5.33. The van der Waals surface area contributed by atoms with Crippen molar-refractivity contribution in [2.24, 2.45) is 0 Å². The highest BCUT2D eigenvalue weighted by molar-refractivity contribution is 7.99. The van der Waals surface area contributed by atoms with Crippen LogP contribution in [0.25, 0.3) is 10.2 Å². The Bertz CT molecular complexity index is 997. The molecule has 1 heterocycles. The molecule has 0 radical (unpaired) electrons. The van der Waals surface area contributed by atoms with Crippen LogP contribution >= 0.6 is 47.1 Å². The number of nitrogens with zero attached hydrogens (tertiary/aromatic N) is 3. The number of thioether (sulfide) groups is 1. The molecule has 3 rings (SSSR count). The minimum atomic E-state index is -0.236. The Morgan fingerprint density at radius 1 is 1.12 bits per heavy atom. The van der Waals surface area contributed by atoms with E-state index in [9.17, 15) is 9.18 Å². The molecular weight excluding hydrogens is 488 g/mol. The maximum Gasteiger partial charge on any atom is 0.228 e. The molecule has 0 aliphatic rings. The van der Waals surface area contributed by atoms with Gasteiger partial charge in [-0.3, -0.25) is 9.69 Å². The van der Waals surface area contributed by atoms with Crippen molar-refractivity contribution in [3.8, 4) is 0 Å². The average molecular weight is 517 g/mol. The van der Waals surface area contributed by atoms with Gasteiger partial charge in [-0.1, -0.05) is 36.8 Å². The minimum Gasteiger partial charge on any atom is -0.302 e. The number of carbonyl (C=O) groups is 1. The van der Waals surface area contributed by atoms with Gasteiger partial charge in [0.25, 0.3) is 0 Å². The summed E-state index contributed by atoms with van der Waals surface area (Å²) in [4.78, 5) is 22.9. The van der Waals surface area contributed by atoms with Crippen molar-refractivity contribution in [1.82, 2.24) is 9.88 Å². The van der Waals surface area contributed by atoms with E-state index in [1.165, 1.54) is 23.5 Å². The van der Waals surface area contributed by atoms with Crippen molar-refractivity contribution >= 4 is 68.4 Å². The smallest absolute Gasteiger partial charge is 0.228 e. The average Bonchev–Trinajstić information content (AvgIpc) is 3.18. The van der Waals surface area contributed by atoms with Crippen LogP contribution in [0.5, 0.6) is 0 Å². The van der Waals surface area contributed by atoms with Gasteiger partial charge in [0.05, 0.1) is 10.2 Å². The van der Waals surface area contributed by atoms with Crippen molar-refractivity contribution in [1.29, 1.82) is 0 Å². The van der Waals surface area contributed by atoms with Crippen LogP contribution in [-0.2, 0) is 4.79 Å². The van der Waals surface area contributed by atoms with Crippen LogP contribution in [-0.4, -0.2) is 47.7 Å². The van der Waals surface area contributed by atoms with Crippen molar-refractivity contribution in [3.63, 3.8) is 0 Å². The minimum absolute atomic E-state index is 0. The first-order chi connectivity index (χ1) is 15.0. The Morgan fingerprint density at radius 2 is 1.84 bits per heavy atom. The monoisotopic (exact) mass is 515 g/mol. The Labute approximate surface area is 208 Å². The summed E-state index contributed by atoms with van der Waals surface area (Å²) in [5.74, 6) is 0.647. The number of anilines is 1. The molecule has 0 atom stereocenters. The molecule has 0 aliphatic carbocycles. The molecule has 9 heteroatoms. The summed E-state index contributed by atoms with van der Waals surface area (Å²) >= 11 is 9.26. The van der Waals surface area contributed by atoms with E-state index >= 15 is 0 Å². The van der Waals surface area contributed by atoms with Gasteiger partial charge in [-0.25, -0.2) is 9.37 Å². The van der Waals surface area contributed by atoms with Crippen LogP contribution in [0.3, 0.4) is 0 Å². The van der Waals surface area contributed by atoms with Crippen molar-refractivity contribution in [2.45, 2.75) is 31.6 Å². The Kier molecular flexibility index (Phi) is 11.2. The van der Waals surface area contributed by atoms with Gasteiger partial charge in [-0.15, -0.1) is 24.2 Å². The summed E-state index contributed by atoms with van der Waals surface area (Å²) in [5.41, 5.74) is 0.858. The number of hydrogen-bond acceptors (Lipinski definition) is 5. The molecule has 0 N–H and O–H groups in total. The lowest BCUT2D eigenvalue weighted by Crippen LogP contribution is -2.38. The number of carbonyl (C=O) groups excluding carboxylic acids is 1. The van der Waals surface area contributed by atoms with Gasteiger partial charge in [-0.05, 0) is 67.7 Å². The molecule has 0 saturated heterocycles. The summed E-state index contributed by atoms with van der Waals surface area (Å²) in [5, 5.41) is 1.39. The van der Waals surface area contributed by atoms with Crippen LogP contribution in [0.4, 0.5) is 9.52 Å². The Morgan fingerprint density at radius 3 is 2.53 bits per heavy atom. The number of aromatic nitrogens is 1. The summed E-state index contributed by atoms with van der Waals surface area (Å²) in [7, 11) is 0. The van der Waals surface area contributed by atoms with Crippen LogP contribution in [0.15, 0.2) is 47.4 Å². The van der Waals surface area contributed by atoms with Gasteiger partial charge in [0.2, 0.25) is 5.91 Å². The third-order valence-electron chi connectivity index (χ3n) is 5.02. The zero-order chi connectivity index (χ0) is 22.2. The zero-order valence-electron chi connectivity index (χ0n) is 18.2. The second kappa shape index (κ2) is 13.4. The molecule has 0 spiro atoms. The first-order valence-electron chi connectivity index (χ1n) is 10.5. The first kappa shape index (κ1) is 26.9. The molecule has 1 aromatic heterocycles. The van der Waals surface area contributed by atoms with Crippen LogP contribution in [0.2, 0.25) is 5.02 Å². The lowest BCUT2D eigenvalue weighted by Gasteiger charge is -2.24. The number of rotatable bonds is 11. The predicted octanol–water partition coefficient (Wildman–Crippen LogP) is 6.76. The van der Waals surface area contributed by atoms with E-state index in [0.717, 1.165) is 52.1 Å². The van der Waals surface area contributed by atoms with E-state index in [1.807, 2.05) is 23.1 Å². The summed E-state index contributed by atoms with van der Waals surface area (Å²) < 4.78 is 14.0. The highest BCUT2D eigenvalue weighted by Gasteiger charge is 2.20. The molecular formula is C23H28Cl2FN3OS2. The molecule has 1 amide bonds. The van der Waals surface area contributed by atoms with E-state index < -0.39 is 0 Å². The number of halogens is 3. The summed E-state index contributed by atoms with van der Waals surface area (Å²) in [6, 6.07) is 12.1. The standard InChI is InChI=1S/C23H27ClFN3OS2.ClH/c1-3-27(4-2)13-14-28(23-26-20-12-7-17(24)16-21(20)31-23)22(29)6-5-15-30-19-10-8-18(25)9-11-19;/h7-12,16H,3-6,13-15H2,1-2H3;1H. The molecule has 2 aromatic carbocycles. The lowest BCUT2D eigenvalue weighted by molar-refractivity contribution is -0.118. The fourth-order valence-electron chi connectivity index (χ4n) is 3.19. The van der Waals surface area contributed by atoms with Gasteiger partial charge in [0.15, 0.2) is 5.13 Å². The van der Waals surface area contributed by atoms with E-state index in [2.05, 4.69) is 18.7 Å². The van der Waals surface area contributed by atoms with Crippen molar-refractivity contribution in [2.75, 3.05) is 36.8 Å². The third kappa shape index (κ3) is 7.59. The van der Waals surface area contributed by atoms with Crippen molar-refractivity contribution < 1.29 is 9.18 Å². The number of fused-ring (bicyclic) bond motifs is 1.